The lowest BCUT2D eigenvalue weighted by Gasteiger charge is -2.21. The van der Waals surface area contributed by atoms with Crippen molar-refractivity contribution in [2.75, 3.05) is 26.2 Å². The Morgan fingerprint density at radius 2 is 2.38 bits per heavy atom. The molecule has 21 heavy (non-hydrogen) atoms. The number of ether oxygens (including phenoxy) is 1. The van der Waals surface area contributed by atoms with Gasteiger partial charge in [-0.3, -0.25) is 4.99 Å². The second-order valence-corrected chi connectivity index (χ2v) is 4.99. The highest BCUT2D eigenvalue weighted by Crippen LogP contribution is 2.12. The van der Waals surface area contributed by atoms with Gasteiger partial charge in [0.05, 0.1) is 25.5 Å². The van der Waals surface area contributed by atoms with E-state index in [1.807, 2.05) is 12.1 Å². The Bertz CT molecular complexity index is 456. The molecule has 0 amide bonds. The largest absolute Gasteiger partial charge is 0.469 e. The summed E-state index contributed by atoms with van der Waals surface area (Å²) >= 11 is 0. The fraction of sp³-hybridized carbons (Fsp3) is 0.562. The zero-order chi connectivity index (χ0) is 14.8. The van der Waals surface area contributed by atoms with E-state index in [2.05, 4.69) is 21.5 Å². The molecule has 0 radical (unpaired) electrons. The maximum atomic E-state index is 5.68. The molecule has 114 valence electrons. The van der Waals surface area contributed by atoms with Crippen LogP contribution in [0.2, 0.25) is 0 Å². The van der Waals surface area contributed by atoms with Crippen LogP contribution in [0.15, 0.2) is 27.8 Å². The summed E-state index contributed by atoms with van der Waals surface area (Å²) in [5, 5.41) is 6.37. The summed E-state index contributed by atoms with van der Waals surface area (Å²) in [5.41, 5.74) is 0. The molecule has 5 heteroatoms. The summed E-state index contributed by atoms with van der Waals surface area (Å²) in [6.45, 7) is 2.72. The molecule has 1 fully saturated rings. The van der Waals surface area contributed by atoms with Crippen molar-refractivity contribution >= 4 is 5.96 Å². The van der Waals surface area contributed by atoms with E-state index in [4.69, 9.17) is 15.6 Å². The molecule has 0 aromatic carbocycles. The first-order valence-electron chi connectivity index (χ1n) is 7.48. The van der Waals surface area contributed by atoms with Gasteiger partial charge in [-0.05, 0) is 31.4 Å². The molecule has 1 atom stereocenters. The second-order valence-electron chi connectivity index (χ2n) is 4.99. The van der Waals surface area contributed by atoms with Gasteiger partial charge in [0.1, 0.15) is 5.76 Å². The van der Waals surface area contributed by atoms with Crippen molar-refractivity contribution in [2.45, 2.75) is 31.8 Å². The summed E-state index contributed by atoms with van der Waals surface area (Å²) in [5.74, 6) is 4.24. The van der Waals surface area contributed by atoms with Gasteiger partial charge in [0.25, 0.3) is 0 Å². The van der Waals surface area contributed by atoms with Crippen LogP contribution in [0.4, 0.5) is 0 Å². The van der Waals surface area contributed by atoms with Crippen molar-refractivity contribution in [1.82, 2.24) is 10.6 Å². The van der Waals surface area contributed by atoms with Crippen LogP contribution in [0.5, 0.6) is 0 Å². The lowest BCUT2D eigenvalue weighted by atomic mass is 10.1. The van der Waals surface area contributed by atoms with Crippen molar-refractivity contribution in [2.24, 2.45) is 4.99 Å². The van der Waals surface area contributed by atoms with Crippen LogP contribution in [-0.2, 0) is 11.2 Å². The molecule has 1 aliphatic rings. The van der Waals surface area contributed by atoms with Crippen LogP contribution in [0, 0.1) is 12.3 Å². The summed E-state index contributed by atoms with van der Waals surface area (Å²) in [4.78, 5) is 4.55. The molecule has 1 saturated heterocycles. The van der Waals surface area contributed by atoms with Gasteiger partial charge < -0.3 is 19.8 Å². The zero-order valence-electron chi connectivity index (χ0n) is 12.3. The number of guanidine groups is 1. The Hall–Kier alpha value is -1.93. The number of hydrogen-bond donors (Lipinski definition) is 2. The van der Waals surface area contributed by atoms with Gasteiger partial charge in [-0.25, -0.2) is 0 Å². The Labute approximate surface area is 126 Å². The third kappa shape index (κ3) is 5.92. The van der Waals surface area contributed by atoms with Gasteiger partial charge in [-0.2, -0.15) is 0 Å². The Morgan fingerprint density at radius 1 is 1.43 bits per heavy atom. The smallest absolute Gasteiger partial charge is 0.192 e. The fourth-order valence-electron chi connectivity index (χ4n) is 2.21. The molecule has 0 spiro atoms. The number of rotatable bonds is 6. The average Bonchev–Trinajstić information content (AvgIpc) is 3.04. The molecule has 2 N–H and O–H groups in total. The molecule has 1 aromatic heterocycles. The standard InChI is InChI=1S/C16H23N3O2/c1-2-9-17-16(18-10-8-14-7-5-12-20-14)19-13-15-6-3-4-11-21-15/h1,5,7,12,15H,3-4,6,8-11,13H2,(H2,17,18,19). The molecule has 1 aromatic rings. The molecule has 1 unspecified atom stereocenters. The van der Waals surface area contributed by atoms with E-state index in [-0.39, 0.29) is 6.10 Å². The third-order valence-corrected chi connectivity index (χ3v) is 3.33. The number of hydrogen-bond acceptors (Lipinski definition) is 3. The normalized spacial score (nSPS) is 19.0. The number of furan rings is 1. The molecule has 5 nitrogen and oxygen atoms in total. The van der Waals surface area contributed by atoms with Gasteiger partial charge in [0.15, 0.2) is 5.96 Å². The highest BCUT2D eigenvalue weighted by Gasteiger charge is 2.13. The molecule has 2 rings (SSSR count). The first-order valence-corrected chi connectivity index (χ1v) is 7.48. The molecule has 0 aliphatic carbocycles. The minimum Gasteiger partial charge on any atom is -0.469 e. The van der Waals surface area contributed by atoms with Crippen LogP contribution in [0.3, 0.4) is 0 Å². The quantitative estimate of drug-likeness (QED) is 0.474. The summed E-state index contributed by atoms with van der Waals surface area (Å²) in [6, 6.07) is 3.85. The maximum Gasteiger partial charge on any atom is 0.192 e. The van der Waals surface area contributed by atoms with E-state index < -0.39 is 0 Å². The molecular weight excluding hydrogens is 266 g/mol. The summed E-state index contributed by atoms with van der Waals surface area (Å²) < 4.78 is 11.0. The molecule has 2 heterocycles. The lowest BCUT2D eigenvalue weighted by molar-refractivity contribution is 0.0224. The van der Waals surface area contributed by atoms with Gasteiger partial charge in [-0.1, -0.05) is 5.92 Å². The van der Waals surface area contributed by atoms with Gasteiger partial charge in [0.2, 0.25) is 0 Å². The minimum atomic E-state index is 0.230. The Kier molecular flexibility index (Phi) is 6.69. The summed E-state index contributed by atoms with van der Waals surface area (Å²) in [7, 11) is 0. The van der Waals surface area contributed by atoms with Crippen molar-refractivity contribution in [3.05, 3.63) is 24.2 Å². The number of nitrogens with zero attached hydrogens (tertiary/aromatic N) is 1. The topological polar surface area (TPSA) is 58.8 Å². The molecular formula is C16H23N3O2. The van der Waals surface area contributed by atoms with Crippen molar-refractivity contribution in [3.8, 4) is 12.3 Å². The van der Waals surface area contributed by atoms with Gasteiger partial charge >= 0.3 is 0 Å². The monoisotopic (exact) mass is 289 g/mol. The van der Waals surface area contributed by atoms with Crippen LogP contribution in [0.1, 0.15) is 25.0 Å². The number of aliphatic imine (C=N–C) groups is 1. The highest BCUT2D eigenvalue weighted by atomic mass is 16.5. The first kappa shape index (κ1) is 15.5. The summed E-state index contributed by atoms with van der Waals surface area (Å²) in [6.07, 6.45) is 11.5. The maximum absolute atomic E-state index is 5.68. The van der Waals surface area contributed by atoms with E-state index in [1.54, 1.807) is 6.26 Å². The van der Waals surface area contributed by atoms with Crippen LogP contribution < -0.4 is 10.6 Å². The third-order valence-electron chi connectivity index (χ3n) is 3.33. The second kappa shape index (κ2) is 9.09. The van der Waals surface area contributed by atoms with E-state index in [0.717, 1.165) is 44.1 Å². The number of nitrogens with one attached hydrogen (secondary N) is 2. The van der Waals surface area contributed by atoms with Crippen LogP contribution in [0.25, 0.3) is 0 Å². The predicted octanol–water partition coefficient (Wildman–Crippen LogP) is 1.56. The van der Waals surface area contributed by atoms with E-state index in [1.165, 1.54) is 6.42 Å². The van der Waals surface area contributed by atoms with E-state index in [9.17, 15) is 0 Å². The highest BCUT2D eigenvalue weighted by molar-refractivity contribution is 5.80. The van der Waals surface area contributed by atoms with Crippen molar-refractivity contribution in [3.63, 3.8) is 0 Å². The van der Waals surface area contributed by atoms with Gasteiger partial charge in [-0.15, -0.1) is 6.42 Å². The lowest BCUT2D eigenvalue weighted by Crippen LogP contribution is -2.39. The molecule has 0 saturated carbocycles. The van der Waals surface area contributed by atoms with E-state index in [0.29, 0.717) is 13.1 Å². The van der Waals surface area contributed by atoms with Crippen molar-refractivity contribution < 1.29 is 9.15 Å². The Balaban J connectivity index is 1.76. The number of terminal acetylenes is 1. The SMILES string of the molecule is C#CCNC(=NCC1CCCCO1)NCCc1ccco1. The molecule has 1 aliphatic heterocycles. The van der Waals surface area contributed by atoms with E-state index >= 15 is 0 Å². The zero-order valence-corrected chi connectivity index (χ0v) is 12.3. The van der Waals surface area contributed by atoms with Gasteiger partial charge in [0, 0.05) is 19.6 Å². The minimum absolute atomic E-state index is 0.230. The first-order chi connectivity index (χ1) is 10.4. The fourth-order valence-corrected chi connectivity index (χ4v) is 2.21. The van der Waals surface area contributed by atoms with Crippen LogP contribution in [-0.4, -0.2) is 38.3 Å². The average molecular weight is 289 g/mol. The predicted molar refractivity (Wildman–Crippen MR) is 83.1 cm³/mol. The Morgan fingerprint density at radius 3 is 3.10 bits per heavy atom. The molecule has 0 bridgehead atoms. The van der Waals surface area contributed by atoms with Crippen LogP contribution >= 0.6 is 0 Å². The van der Waals surface area contributed by atoms with Crippen molar-refractivity contribution in [1.29, 1.82) is 0 Å².